The van der Waals surface area contributed by atoms with Crippen LogP contribution in [0.2, 0.25) is 0 Å². The molecule has 0 spiro atoms. The van der Waals surface area contributed by atoms with Crippen molar-refractivity contribution in [2.75, 3.05) is 6.61 Å². The van der Waals surface area contributed by atoms with Crippen molar-refractivity contribution in [3.05, 3.63) is 65.2 Å². The molecule has 7 nitrogen and oxygen atoms in total. The van der Waals surface area contributed by atoms with Crippen molar-refractivity contribution < 1.29 is 29.0 Å². The van der Waals surface area contributed by atoms with Gasteiger partial charge < -0.3 is 9.84 Å². The number of ether oxygens (including phenoxy) is 1. The molecule has 0 aromatic heterocycles. The third-order valence-electron chi connectivity index (χ3n) is 4.34. The quantitative estimate of drug-likeness (QED) is 0.596. The van der Waals surface area contributed by atoms with Gasteiger partial charge in [0.05, 0.1) is 17.7 Å². The van der Waals surface area contributed by atoms with E-state index in [1.165, 1.54) is 19.1 Å². The molecule has 1 atom stereocenters. The lowest BCUT2D eigenvalue weighted by atomic mass is 10.1. The van der Waals surface area contributed by atoms with Gasteiger partial charge in [0, 0.05) is 12.0 Å². The number of carboxylic acids is 1. The lowest BCUT2D eigenvalue weighted by Crippen LogP contribution is -2.45. The summed E-state index contributed by atoms with van der Waals surface area (Å²) in [5, 5.41) is 9.50. The number of hydrogen-bond donors (Lipinski definition) is 1. The zero-order chi connectivity index (χ0) is 19.6. The van der Waals surface area contributed by atoms with Crippen LogP contribution in [0, 0.1) is 0 Å². The van der Waals surface area contributed by atoms with Crippen LogP contribution in [0.15, 0.2) is 48.5 Å². The molecule has 1 N–H and O–H groups in total. The van der Waals surface area contributed by atoms with Crippen LogP contribution in [-0.2, 0) is 4.79 Å². The van der Waals surface area contributed by atoms with E-state index >= 15 is 0 Å². The van der Waals surface area contributed by atoms with Gasteiger partial charge in [0.25, 0.3) is 11.8 Å². The summed E-state index contributed by atoms with van der Waals surface area (Å²) in [7, 11) is 0. The largest absolute Gasteiger partial charge is 0.494 e. The molecule has 2 aromatic carbocycles. The van der Waals surface area contributed by atoms with E-state index in [2.05, 4.69) is 0 Å². The molecule has 0 saturated heterocycles. The molecule has 27 heavy (non-hydrogen) atoms. The second-order valence-corrected chi connectivity index (χ2v) is 6.10. The first kappa shape index (κ1) is 18.3. The van der Waals surface area contributed by atoms with Gasteiger partial charge in [-0.2, -0.15) is 0 Å². The van der Waals surface area contributed by atoms with Crippen LogP contribution in [0.1, 0.15) is 44.4 Å². The number of Topliss-reactive ketones (excluding diaryl/α,β-unsaturated/α-hetero) is 1. The van der Waals surface area contributed by atoms with Crippen LogP contribution in [0.4, 0.5) is 0 Å². The highest BCUT2D eigenvalue weighted by Gasteiger charge is 2.42. The van der Waals surface area contributed by atoms with E-state index < -0.39 is 23.8 Å². The van der Waals surface area contributed by atoms with Crippen molar-refractivity contribution in [3.8, 4) is 5.75 Å². The Kier molecular flexibility index (Phi) is 5.03. The molecule has 0 fully saturated rings. The fraction of sp³-hybridized carbons (Fsp3) is 0.200. The maximum Gasteiger partial charge on any atom is 0.327 e. The Hall–Kier alpha value is -3.48. The second-order valence-electron chi connectivity index (χ2n) is 6.10. The average molecular weight is 367 g/mol. The van der Waals surface area contributed by atoms with Crippen LogP contribution in [-0.4, -0.2) is 46.2 Å². The monoisotopic (exact) mass is 367 g/mol. The van der Waals surface area contributed by atoms with Gasteiger partial charge in [-0.15, -0.1) is 0 Å². The molecule has 138 valence electrons. The van der Waals surface area contributed by atoms with Gasteiger partial charge in [0.1, 0.15) is 11.8 Å². The Bertz CT molecular complexity index is 883. The lowest BCUT2D eigenvalue weighted by molar-refractivity contribution is -0.142. The van der Waals surface area contributed by atoms with Gasteiger partial charge in [-0.25, -0.2) is 4.79 Å². The highest BCUT2D eigenvalue weighted by molar-refractivity contribution is 6.22. The summed E-state index contributed by atoms with van der Waals surface area (Å²) in [6.07, 6.45) is -0.0603. The molecule has 3 rings (SSSR count). The minimum atomic E-state index is -1.33. The maximum atomic E-state index is 12.5. The smallest absolute Gasteiger partial charge is 0.327 e. The molecule has 0 radical (unpaired) electrons. The van der Waals surface area contributed by atoms with Crippen LogP contribution in [0.25, 0.3) is 0 Å². The normalized spacial score (nSPS) is 14.0. The van der Waals surface area contributed by atoms with E-state index in [0.29, 0.717) is 11.3 Å². The molecule has 0 aliphatic carbocycles. The van der Waals surface area contributed by atoms with E-state index in [4.69, 9.17) is 4.74 Å². The Morgan fingerprint density at radius 1 is 1.00 bits per heavy atom. The van der Waals surface area contributed by atoms with Gasteiger partial charge in [0.15, 0.2) is 5.78 Å². The molecule has 1 aliphatic rings. The summed E-state index contributed by atoms with van der Waals surface area (Å²) >= 11 is 0. The average Bonchev–Trinajstić information content (AvgIpc) is 2.90. The minimum Gasteiger partial charge on any atom is -0.494 e. The van der Waals surface area contributed by atoms with E-state index in [-0.39, 0.29) is 29.9 Å². The number of nitrogens with zero attached hydrogens (tertiary/aromatic N) is 1. The second kappa shape index (κ2) is 7.41. The SMILES string of the molecule is CC(=O)c1ccc(OCCC(C(=O)O)N2C(=O)c3ccccc3C2=O)cc1. The van der Waals surface area contributed by atoms with E-state index in [1.54, 1.807) is 36.4 Å². The molecule has 1 heterocycles. The maximum absolute atomic E-state index is 12.5. The summed E-state index contributed by atoms with van der Waals surface area (Å²) in [5.41, 5.74) is 0.945. The number of rotatable bonds is 7. The van der Waals surface area contributed by atoms with Crippen LogP contribution in [0.3, 0.4) is 0 Å². The number of aliphatic carboxylic acids is 1. The predicted molar refractivity (Wildman–Crippen MR) is 94.9 cm³/mol. The van der Waals surface area contributed by atoms with Crippen molar-refractivity contribution in [2.24, 2.45) is 0 Å². The fourth-order valence-corrected chi connectivity index (χ4v) is 2.93. The van der Waals surface area contributed by atoms with E-state index in [0.717, 1.165) is 4.90 Å². The van der Waals surface area contributed by atoms with E-state index in [9.17, 15) is 24.3 Å². The van der Waals surface area contributed by atoms with Crippen molar-refractivity contribution in [2.45, 2.75) is 19.4 Å². The Morgan fingerprint density at radius 2 is 1.56 bits per heavy atom. The predicted octanol–water partition coefficient (Wildman–Crippen LogP) is 2.41. The van der Waals surface area contributed by atoms with Crippen molar-refractivity contribution in [1.29, 1.82) is 0 Å². The molecule has 1 unspecified atom stereocenters. The fourth-order valence-electron chi connectivity index (χ4n) is 2.93. The molecule has 0 bridgehead atoms. The first-order chi connectivity index (χ1) is 12.9. The van der Waals surface area contributed by atoms with E-state index in [1.807, 2.05) is 0 Å². The Morgan fingerprint density at radius 3 is 2.04 bits per heavy atom. The summed E-state index contributed by atoms with van der Waals surface area (Å²) in [4.78, 5) is 48.6. The molecule has 0 saturated carbocycles. The molecule has 2 amide bonds. The van der Waals surface area contributed by atoms with Crippen molar-refractivity contribution in [1.82, 2.24) is 4.90 Å². The lowest BCUT2D eigenvalue weighted by Gasteiger charge is -2.22. The molecular formula is C20H17NO6. The zero-order valence-electron chi connectivity index (χ0n) is 14.5. The molecular weight excluding hydrogens is 350 g/mol. The highest BCUT2D eigenvalue weighted by atomic mass is 16.5. The number of hydrogen-bond acceptors (Lipinski definition) is 5. The highest BCUT2D eigenvalue weighted by Crippen LogP contribution is 2.26. The molecule has 7 heteroatoms. The first-order valence-corrected chi connectivity index (χ1v) is 8.33. The van der Waals surface area contributed by atoms with Gasteiger partial charge in [-0.05, 0) is 43.3 Å². The summed E-state index contributed by atoms with van der Waals surface area (Å²) in [6, 6.07) is 11.3. The molecule has 2 aromatic rings. The topological polar surface area (TPSA) is 101 Å². The van der Waals surface area contributed by atoms with Crippen LogP contribution >= 0.6 is 0 Å². The standard InChI is InChI=1S/C20H17NO6/c1-12(22)13-6-8-14(9-7-13)27-11-10-17(20(25)26)21-18(23)15-4-2-3-5-16(15)19(21)24/h2-9,17H,10-11H2,1H3,(H,25,26). The summed E-state index contributed by atoms with van der Waals surface area (Å²) < 4.78 is 5.50. The Balaban J connectivity index is 1.68. The number of carboxylic acid groups (broad SMARTS) is 1. The minimum absolute atomic E-state index is 0.0101. The third-order valence-corrected chi connectivity index (χ3v) is 4.34. The summed E-state index contributed by atoms with van der Waals surface area (Å²) in [5.74, 6) is -2.12. The number of benzene rings is 2. The Labute approximate surface area is 155 Å². The third kappa shape index (κ3) is 3.57. The number of ketones is 1. The van der Waals surface area contributed by atoms with Crippen molar-refractivity contribution >= 4 is 23.6 Å². The molecule has 1 aliphatic heterocycles. The van der Waals surface area contributed by atoms with Gasteiger partial charge in [0.2, 0.25) is 0 Å². The van der Waals surface area contributed by atoms with Gasteiger partial charge in [-0.3, -0.25) is 19.3 Å². The van der Waals surface area contributed by atoms with Gasteiger partial charge in [-0.1, -0.05) is 12.1 Å². The summed E-state index contributed by atoms with van der Waals surface area (Å²) in [6.45, 7) is 1.44. The number of fused-ring (bicyclic) bond motifs is 1. The number of amides is 2. The van der Waals surface area contributed by atoms with Crippen molar-refractivity contribution in [3.63, 3.8) is 0 Å². The first-order valence-electron chi connectivity index (χ1n) is 8.33. The van der Waals surface area contributed by atoms with Crippen LogP contribution < -0.4 is 4.74 Å². The van der Waals surface area contributed by atoms with Crippen LogP contribution in [0.5, 0.6) is 5.75 Å². The number of imide groups is 1. The number of carbonyl (C=O) groups excluding carboxylic acids is 3. The van der Waals surface area contributed by atoms with Gasteiger partial charge >= 0.3 is 5.97 Å². The number of carbonyl (C=O) groups is 4. The zero-order valence-corrected chi connectivity index (χ0v) is 14.5.